The van der Waals surface area contributed by atoms with E-state index in [-0.39, 0.29) is 10.2 Å². The minimum atomic E-state index is -0.899. The normalized spacial score (nSPS) is 12.1. The molecule has 0 spiro atoms. The van der Waals surface area contributed by atoms with Crippen molar-refractivity contribution in [2.75, 3.05) is 0 Å². The Morgan fingerprint density at radius 1 is 1.64 bits per heavy atom. The van der Waals surface area contributed by atoms with Crippen LogP contribution in [0.1, 0.15) is 11.7 Å². The fraction of sp³-hybridized carbons (Fsp3) is 0.111. The second-order valence-electron chi connectivity index (χ2n) is 2.62. The quantitative estimate of drug-likeness (QED) is 0.514. The van der Waals surface area contributed by atoms with Gasteiger partial charge in [-0.05, 0) is 15.9 Å². The molecule has 1 atom stereocenters. The van der Waals surface area contributed by atoms with Crippen LogP contribution in [0.5, 0.6) is 0 Å². The van der Waals surface area contributed by atoms with Crippen molar-refractivity contribution in [3.63, 3.8) is 0 Å². The predicted molar refractivity (Wildman–Crippen MR) is 56.0 cm³/mol. The van der Waals surface area contributed by atoms with Crippen molar-refractivity contribution in [2.24, 2.45) is 0 Å². The molecule has 0 amide bonds. The molecule has 0 saturated carbocycles. The summed E-state index contributed by atoms with van der Waals surface area (Å²) in [6.07, 6.45) is 0.411. The first kappa shape index (κ1) is 10.9. The van der Waals surface area contributed by atoms with Gasteiger partial charge in [0.15, 0.2) is 0 Å². The molecule has 5 heteroatoms. The molecule has 0 aliphatic rings. The number of rotatable bonds is 3. The van der Waals surface area contributed by atoms with E-state index in [1.807, 2.05) is 0 Å². The highest BCUT2D eigenvalue weighted by Crippen LogP contribution is 2.32. The van der Waals surface area contributed by atoms with E-state index >= 15 is 0 Å². The lowest BCUT2D eigenvalue weighted by atomic mass is 10.1. The van der Waals surface area contributed by atoms with E-state index in [1.54, 1.807) is 6.07 Å². The zero-order chi connectivity index (χ0) is 10.7. The molecule has 1 unspecified atom stereocenters. The van der Waals surface area contributed by atoms with Gasteiger partial charge in [0.05, 0.1) is 11.0 Å². The molecule has 0 saturated heterocycles. The first-order chi connectivity index (χ1) is 6.57. The van der Waals surface area contributed by atoms with E-state index in [2.05, 4.69) is 22.5 Å². The van der Waals surface area contributed by atoms with Gasteiger partial charge in [-0.1, -0.05) is 18.2 Å². The number of halogens is 1. The number of benzene rings is 1. The molecule has 0 fully saturated rings. The van der Waals surface area contributed by atoms with Gasteiger partial charge >= 0.3 is 0 Å². The number of nitro groups is 1. The Morgan fingerprint density at radius 2 is 2.29 bits per heavy atom. The molecule has 0 aromatic heterocycles. The summed E-state index contributed by atoms with van der Waals surface area (Å²) in [5, 5.41) is 20.0. The van der Waals surface area contributed by atoms with E-state index in [9.17, 15) is 15.2 Å². The largest absolute Gasteiger partial charge is 0.384 e. The summed E-state index contributed by atoms with van der Waals surface area (Å²) in [6.45, 7) is 3.41. The molecule has 0 heterocycles. The van der Waals surface area contributed by atoms with Gasteiger partial charge < -0.3 is 5.11 Å². The van der Waals surface area contributed by atoms with E-state index in [0.717, 1.165) is 0 Å². The zero-order valence-electron chi connectivity index (χ0n) is 7.18. The third kappa shape index (κ3) is 2.00. The van der Waals surface area contributed by atoms with Crippen LogP contribution in [0, 0.1) is 10.1 Å². The molecule has 1 aromatic rings. The van der Waals surface area contributed by atoms with Crippen molar-refractivity contribution in [3.8, 4) is 0 Å². The van der Waals surface area contributed by atoms with Crippen molar-refractivity contribution in [1.29, 1.82) is 0 Å². The Hall–Kier alpha value is -1.20. The van der Waals surface area contributed by atoms with Crippen LogP contribution >= 0.6 is 15.9 Å². The minimum Gasteiger partial charge on any atom is -0.384 e. The third-order valence-corrected chi connectivity index (χ3v) is 2.61. The molecule has 0 aliphatic carbocycles. The van der Waals surface area contributed by atoms with E-state index < -0.39 is 11.0 Å². The first-order valence-corrected chi connectivity index (χ1v) is 4.60. The Bertz CT molecular complexity index is 378. The molecule has 0 radical (unpaired) electrons. The molecule has 1 rings (SSSR count). The fourth-order valence-corrected chi connectivity index (χ4v) is 1.68. The van der Waals surface area contributed by atoms with Crippen molar-refractivity contribution in [3.05, 3.63) is 51.0 Å². The molecule has 0 bridgehead atoms. The number of aliphatic hydroxyl groups is 1. The highest BCUT2D eigenvalue weighted by atomic mass is 79.9. The van der Waals surface area contributed by atoms with Gasteiger partial charge in [0.25, 0.3) is 5.69 Å². The molecule has 14 heavy (non-hydrogen) atoms. The fourth-order valence-electron chi connectivity index (χ4n) is 1.03. The van der Waals surface area contributed by atoms with E-state index in [0.29, 0.717) is 5.56 Å². The summed E-state index contributed by atoms with van der Waals surface area (Å²) in [5.74, 6) is 0. The Morgan fingerprint density at radius 3 is 2.79 bits per heavy atom. The third-order valence-electron chi connectivity index (χ3n) is 1.75. The lowest BCUT2D eigenvalue weighted by Gasteiger charge is -2.07. The van der Waals surface area contributed by atoms with Crippen molar-refractivity contribution in [2.45, 2.75) is 6.10 Å². The van der Waals surface area contributed by atoms with Crippen LogP contribution in [0.2, 0.25) is 0 Å². The van der Waals surface area contributed by atoms with Crippen molar-refractivity contribution < 1.29 is 10.0 Å². The molecular weight excluding hydrogens is 250 g/mol. The molecular formula is C9H8BrNO3. The minimum absolute atomic E-state index is 0.0663. The van der Waals surface area contributed by atoms with Crippen LogP contribution in [0.15, 0.2) is 35.3 Å². The summed E-state index contributed by atoms with van der Waals surface area (Å²) in [4.78, 5) is 10.0. The monoisotopic (exact) mass is 257 g/mol. The highest BCUT2D eigenvalue weighted by Gasteiger charge is 2.17. The summed E-state index contributed by atoms with van der Waals surface area (Å²) in [5.41, 5.74) is 0.373. The van der Waals surface area contributed by atoms with Gasteiger partial charge in [-0.25, -0.2) is 0 Å². The smallest absolute Gasteiger partial charge is 0.283 e. The lowest BCUT2D eigenvalue weighted by molar-refractivity contribution is -0.385. The number of nitrogens with zero attached hydrogens (tertiary/aromatic N) is 1. The number of hydrogen-bond acceptors (Lipinski definition) is 3. The van der Waals surface area contributed by atoms with Crippen LogP contribution in [-0.2, 0) is 0 Å². The maximum absolute atomic E-state index is 10.6. The Labute approximate surface area is 89.2 Å². The van der Waals surface area contributed by atoms with Crippen LogP contribution in [0.4, 0.5) is 5.69 Å². The predicted octanol–water partition coefficient (Wildman–Crippen LogP) is 2.58. The van der Waals surface area contributed by atoms with Gasteiger partial charge in [0, 0.05) is 11.6 Å². The number of hydrogen-bond donors (Lipinski definition) is 1. The lowest BCUT2D eigenvalue weighted by Crippen LogP contribution is -1.97. The maximum Gasteiger partial charge on any atom is 0.283 e. The number of aliphatic hydroxyl groups excluding tert-OH is 1. The van der Waals surface area contributed by atoms with Crippen LogP contribution in [0.25, 0.3) is 0 Å². The van der Waals surface area contributed by atoms with Crippen LogP contribution in [0.3, 0.4) is 0 Å². The average molecular weight is 258 g/mol. The highest BCUT2D eigenvalue weighted by molar-refractivity contribution is 9.10. The standard InChI is InChI=1S/C9H8BrNO3/c1-2-8(12)6-4-3-5-7(9(6)10)11(13)14/h2-5,8,12H,1H2. The molecule has 1 aromatic carbocycles. The second-order valence-corrected chi connectivity index (χ2v) is 3.41. The molecule has 0 aliphatic heterocycles. The van der Waals surface area contributed by atoms with Crippen molar-refractivity contribution in [1.82, 2.24) is 0 Å². The molecule has 74 valence electrons. The summed E-state index contributed by atoms with van der Waals surface area (Å²) >= 11 is 3.07. The topological polar surface area (TPSA) is 63.4 Å². The van der Waals surface area contributed by atoms with E-state index in [1.165, 1.54) is 18.2 Å². The van der Waals surface area contributed by atoms with E-state index in [4.69, 9.17) is 0 Å². The first-order valence-electron chi connectivity index (χ1n) is 3.81. The van der Waals surface area contributed by atoms with Crippen molar-refractivity contribution >= 4 is 21.6 Å². The Kier molecular flexibility index (Phi) is 3.38. The van der Waals surface area contributed by atoms with Gasteiger partial charge in [0.2, 0.25) is 0 Å². The summed E-state index contributed by atoms with van der Waals surface area (Å²) in [6, 6.07) is 4.48. The van der Waals surface area contributed by atoms with Gasteiger partial charge in [-0.3, -0.25) is 10.1 Å². The Balaban J connectivity index is 3.26. The summed E-state index contributed by atoms with van der Waals surface area (Å²) < 4.78 is 0.289. The molecule has 1 N–H and O–H groups in total. The van der Waals surface area contributed by atoms with Gasteiger partial charge in [-0.15, -0.1) is 6.58 Å². The van der Waals surface area contributed by atoms with Crippen LogP contribution in [-0.4, -0.2) is 10.0 Å². The SMILES string of the molecule is C=CC(O)c1cccc([N+](=O)[O-])c1Br. The average Bonchev–Trinajstić information content (AvgIpc) is 2.16. The number of nitro benzene ring substituents is 1. The zero-order valence-corrected chi connectivity index (χ0v) is 8.77. The van der Waals surface area contributed by atoms with Gasteiger partial charge in [0.1, 0.15) is 4.47 Å². The van der Waals surface area contributed by atoms with Crippen LogP contribution < -0.4 is 0 Å². The maximum atomic E-state index is 10.6. The second kappa shape index (κ2) is 4.34. The van der Waals surface area contributed by atoms with Gasteiger partial charge in [-0.2, -0.15) is 0 Å². The summed E-state index contributed by atoms with van der Waals surface area (Å²) in [7, 11) is 0. The molecule has 4 nitrogen and oxygen atoms in total.